The second kappa shape index (κ2) is 12.5. The van der Waals surface area contributed by atoms with Crippen LogP contribution in [-0.4, -0.2) is 52.9 Å². The van der Waals surface area contributed by atoms with Crippen molar-refractivity contribution in [2.45, 2.75) is 45.7 Å². The third kappa shape index (κ3) is 7.67. The number of amides is 1. The number of aromatic nitrogens is 1. The number of ketones is 1. The Morgan fingerprint density at radius 3 is 2.44 bits per heavy atom. The van der Waals surface area contributed by atoms with Crippen molar-refractivity contribution in [2.75, 3.05) is 13.7 Å². The number of nitrogens with one attached hydrogen (secondary N) is 1. The summed E-state index contributed by atoms with van der Waals surface area (Å²) in [6, 6.07) is 8.64. The number of likely N-dealkylation sites (N-methyl/N-ethyl adjacent to an activating group) is 1. The largest absolute Gasteiger partial charge is 0.481 e. The predicted molar refractivity (Wildman–Crippen MR) is 136 cm³/mol. The van der Waals surface area contributed by atoms with E-state index in [0.717, 1.165) is 5.56 Å². The number of benzene rings is 1. The summed E-state index contributed by atoms with van der Waals surface area (Å²) < 4.78 is 7.33. The van der Waals surface area contributed by atoms with Crippen molar-refractivity contribution < 1.29 is 24.2 Å². The zero-order valence-corrected chi connectivity index (χ0v) is 21.0. The van der Waals surface area contributed by atoms with Crippen molar-refractivity contribution in [3.63, 3.8) is 0 Å². The number of carbonyl (C=O) groups excluding carboxylic acids is 2. The molecule has 0 aliphatic heterocycles. The van der Waals surface area contributed by atoms with Crippen LogP contribution in [0.25, 0.3) is 0 Å². The van der Waals surface area contributed by atoms with E-state index in [0.29, 0.717) is 11.1 Å². The maximum absolute atomic E-state index is 12.9. The quantitative estimate of drug-likeness (QED) is 0.213. The summed E-state index contributed by atoms with van der Waals surface area (Å²) in [4.78, 5) is 41.8. The van der Waals surface area contributed by atoms with Gasteiger partial charge in [0.2, 0.25) is 11.8 Å². The molecule has 2 rings (SSSR count). The summed E-state index contributed by atoms with van der Waals surface area (Å²) in [5.41, 5.74) is 1.07. The normalized spacial score (nSPS) is 13.2. The number of Topliss-reactive ketones (excluding diaryl/α,β-unsaturated/α-hetero) is 1. The maximum Gasteiger partial charge on any atom is 0.305 e. The van der Waals surface area contributed by atoms with Crippen molar-refractivity contribution in [1.82, 2.24) is 9.88 Å². The van der Waals surface area contributed by atoms with E-state index in [2.05, 4.69) is 16.9 Å². The summed E-state index contributed by atoms with van der Waals surface area (Å²) in [6.07, 6.45) is 4.40. The molecule has 0 fully saturated rings. The number of hydrogen-bond donors (Lipinski definition) is 2. The Hall–Kier alpha value is -4.19. The van der Waals surface area contributed by atoms with Gasteiger partial charge in [-0.15, -0.1) is 0 Å². The van der Waals surface area contributed by atoms with Crippen LogP contribution in [0.4, 0.5) is 0 Å². The number of nitriles is 1. The number of carbonyl (C=O) groups is 3. The van der Waals surface area contributed by atoms with Gasteiger partial charge in [0, 0.05) is 31.4 Å². The smallest absolute Gasteiger partial charge is 0.305 e. The van der Waals surface area contributed by atoms with Crippen LogP contribution in [0.3, 0.4) is 0 Å². The molecule has 0 aliphatic rings. The molecule has 1 heterocycles. The van der Waals surface area contributed by atoms with Gasteiger partial charge in [-0.05, 0) is 29.2 Å². The number of aliphatic imine (C=N–C) groups is 1. The van der Waals surface area contributed by atoms with Crippen molar-refractivity contribution in [1.29, 1.82) is 5.26 Å². The molecule has 36 heavy (non-hydrogen) atoms. The maximum atomic E-state index is 12.9. The van der Waals surface area contributed by atoms with Crippen LogP contribution in [-0.2, 0) is 20.7 Å². The first-order valence-electron chi connectivity index (χ1n) is 11.4. The van der Waals surface area contributed by atoms with Crippen molar-refractivity contribution in [3.8, 4) is 6.07 Å². The molecule has 2 atom stereocenters. The van der Waals surface area contributed by atoms with Crippen LogP contribution in [0.5, 0.6) is 0 Å². The minimum Gasteiger partial charge on any atom is -0.481 e. The Morgan fingerprint density at radius 2 is 1.92 bits per heavy atom. The first-order valence-corrected chi connectivity index (χ1v) is 11.4. The van der Waals surface area contributed by atoms with Gasteiger partial charge in [0.15, 0.2) is 5.78 Å². The zero-order chi connectivity index (χ0) is 26.9. The van der Waals surface area contributed by atoms with Gasteiger partial charge < -0.3 is 19.7 Å². The third-order valence-electron chi connectivity index (χ3n) is 5.42. The number of ether oxygens (including phenoxy) is 1. The topological polar surface area (TPSA) is 134 Å². The Morgan fingerprint density at radius 1 is 1.25 bits per heavy atom. The van der Waals surface area contributed by atoms with Crippen LogP contribution >= 0.6 is 0 Å². The number of nitrogens with zero attached hydrogens (tertiary/aromatic N) is 3. The van der Waals surface area contributed by atoms with E-state index in [1.165, 1.54) is 13.1 Å². The molecule has 0 radical (unpaired) electrons. The lowest BCUT2D eigenvalue weighted by Gasteiger charge is -2.28. The summed E-state index contributed by atoms with van der Waals surface area (Å²) in [7, 11) is 1.51. The Bertz CT molecular complexity index is 1170. The van der Waals surface area contributed by atoms with E-state index in [1.54, 1.807) is 47.3 Å². The molecule has 0 bridgehead atoms. The molecular formula is C27H32N4O5. The van der Waals surface area contributed by atoms with E-state index in [4.69, 9.17) is 10.00 Å². The predicted octanol–water partition coefficient (Wildman–Crippen LogP) is 3.56. The number of carboxylic acids is 1. The van der Waals surface area contributed by atoms with Crippen molar-refractivity contribution in [2.24, 2.45) is 10.4 Å². The van der Waals surface area contributed by atoms with E-state index in [9.17, 15) is 19.5 Å². The Balaban J connectivity index is 2.44. The van der Waals surface area contributed by atoms with Gasteiger partial charge in [-0.3, -0.25) is 14.4 Å². The summed E-state index contributed by atoms with van der Waals surface area (Å²) in [5, 5.41) is 21.1. The Kier molecular flexibility index (Phi) is 9.74. The SMILES string of the molecule is C=CCOC(=N[C@H](C(=O)NC)C(C)(C)C)[C@@H](CC(=O)O)n1ccc(C(=O)Cc2ccc(C#N)cc2)c1. The molecule has 2 aromatic rings. The first kappa shape index (κ1) is 28.1. The van der Waals surface area contributed by atoms with Crippen LogP contribution in [0.2, 0.25) is 0 Å². The molecule has 2 N–H and O–H groups in total. The molecule has 0 aliphatic carbocycles. The van der Waals surface area contributed by atoms with E-state index in [1.807, 2.05) is 26.8 Å². The van der Waals surface area contributed by atoms with Gasteiger partial charge in [-0.25, -0.2) is 4.99 Å². The van der Waals surface area contributed by atoms with Crippen LogP contribution < -0.4 is 5.32 Å². The highest BCUT2D eigenvalue weighted by molar-refractivity contribution is 5.97. The fraction of sp³-hybridized carbons (Fsp3) is 0.370. The third-order valence-corrected chi connectivity index (χ3v) is 5.42. The molecule has 190 valence electrons. The van der Waals surface area contributed by atoms with Crippen molar-refractivity contribution >= 4 is 23.6 Å². The monoisotopic (exact) mass is 492 g/mol. The molecule has 1 aromatic heterocycles. The van der Waals surface area contributed by atoms with Crippen LogP contribution in [0.15, 0.2) is 60.4 Å². The van der Waals surface area contributed by atoms with E-state index < -0.39 is 23.5 Å². The van der Waals surface area contributed by atoms with E-state index >= 15 is 0 Å². The fourth-order valence-corrected chi connectivity index (χ4v) is 3.52. The average Bonchev–Trinajstić information content (AvgIpc) is 3.32. The molecule has 9 heteroatoms. The minimum absolute atomic E-state index is 0.0579. The summed E-state index contributed by atoms with van der Waals surface area (Å²) >= 11 is 0. The second-order valence-electron chi connectivity index (χ2n) is 9.32. The van der Waals surface area contributed by atoms with Crippen molar-refractivity contribution in [3.05, 3.63) is 72.1 Å². The van der Waals surface area contributed by atoms with Gasteiger partial charge in [0.25, 0.3) is 0 Å². The molecular weight excluding hydrogens is 460 g/mol. The van der Waals surface area contributed by atoms with Crippen LogP contribution in [0.1, 0.15) is 54.7 Å². The fourth-order valence-electron chi connectivity index (χ4n) is 3.52. The number of carboxylic acid groups (broad SMARTS) is 1. The molecule has 1 aromatic carbocycles. The van der Waals surface area contributed by atoms with Crippen LogP contribution in [0, 0.1) is 16.7 Å². The number of hydrogen-bond acceptors (Lipinski definition) is 6. The first-order chi connectivity index (χ1) is 17.0. The molecule has 0 saturated carbocycles. The minimum atomic E-state index is -1.10. The van der Waals surface area contributed by atoms with Gasteiger partial charge in [0.05, 0.1) is 18.1 Å². The lowest BCUT2D eigenvalue weighted by atomic mass is 9.86. The highest BCUT2D eigenvalue weighted by atomic mass is 16.5. The molecule has 0 saturated heterocycles. The highest BCUT2D eigenvalue weighted by Gasteiger charge is 2.33. The lowest BCUT2D eigenvalue weighted by Crippen LogP contribution is -2.41. The average molecular weight is 493 g/mol. The molecule has 0 spiro atoms. The second-order valence-corrected chi connectivity index (χ2v) is 9.32. The number of rotatable bonds is 11. The zero-order valence-electron chi connectivity index (χ0n) is 21.0. The molecule has 0 unspecified atom stereocenters. The van der Waals surface area contributed by atoms with Gasteiger partial charge in [0.1, 0.15) is 18.7 Å². The highest BCUT2D eigenvalue weighted by Crippen LogP contribution is 2.26. The van der Waals surface area contributed by atoms with E-state index in [-0.39, 0.29) is 37.0 Å². The summed E-state index contributed by atoms with van der Waals surface area (Å²) in [5.74, 6) is -1.54. The van der Waals surface area contributed by atoms with Gasteiger partial charge in [-0.1, -0.05) is 45.6 Å². The van der Waals surface area contributed by atoms with Gasteiger partial charge >= 0.3 is 5.97 Å². The Labute approximate surface area is 211 Å². The van der Waals surface area contributed by atoms with Gasteiger partial charge in [-0.2, -0.15) is 5.26 Å². The molecule has 9 nitrogen and oxygen atoms in total. The molecule has 1 amide bonds. The standard InChI is InChI=1S/C27H32N4O5/c1-6-13-36-26(30-24(25(35)29-5)27(2,3)4)21(15-23(33)34)31-12-11-20(17-31)22(32)14-18-7-9-19(16-28)10-8-18/h6-12,17,21,24H,1,13-15H2,2-5H3,(H,29,35)(H,33,34)/t21-,24-/m1/s1. The summed E-state index contributed by atoms with van der Waals surface area (Å²) in [6.45, 7) is 9.25. The number of aliphatic carboxylic acids is 1. The lowest BCUT2D eigenvalue weighted by molar-refractivity contribution is -0.137.